The van der Waals surface area contributed by atoms with Gasteiger partial charge in [-0.3, -0.25) is 0 Å². The van der Waals surface area contributed by atoms with Gasteiger partial charge in [-0.1, -0.05) is 23.2 Å². The van der Waals surface area contributed by atoms with Crippen molar-refractivity contribution in [1.82, 2.24) is 15.0 Å². The summed E-state index contributed by atoms with van der Waals surface area (Å²) in [5, 5.41) is 4.40. The molecule has 0 radical (unpaired) electrons. The van der Waals surface area contributed by atoms with Crippen LogP contribution in [0.15, 0.2) is 24.5 Å². The van der Waals surface area contributed by atoms with E-state index in [0.29, 0.717) is 21.9 Å². The molecule has 116 valence electrons. The first-order valence-corrected chi connectivity index (χ1v) is 7.61. The zero-order chi connectivity index (χ0) is 15.5. The number of rotatable bonds is 4. The molecule has 8 heteroatoms. The number of hydrogen-bond donors (Lipinski definition) is 1. The zero-order valence-corrected chi connectivity index (χ0v) is 13.5. The van der Waals surface area contributed by atoms with Crippen LogP contribution in [0.3, 0.4) is 0 Å². The van der Waals surface area contributed by atoms with Gasteiger partial charge in [0.2, 0.25) is 11.8 Å². The van der Waals surface area contributed by atoms with Gasteiger partial charge in [0.15, 0.2) is 0 Å². The third-order valence-electron chi connectivity index (χ3n) is 3.45. The Labute approximate surface area is 138 Å². The van der Waals surface area contributed by atoms with E-state index in [1.165, 1.54) is 0 Å². The minimum atomic E-state index is 0.223. The van der Waals surface area contributed by atoms with Gasteiger partial charge in [-0.2, -0.15) is 4.98 Å². The highest BCUT2D eigenvalue weighted by molar-refractivity contribution is 6.36. The van der Waals surface area contributed by atoms with Gasteiger partial charge < -0.3 is 15.0 Å². The van der Waals surface area contributed by atoms with E-state index in [1.807, 2.05) is 0 Å². The minimum Gasteiger partial charge on any atom is -0.481 e. The highest BCUT2D eigenvalue weighted by Gasteiger charge is 2.25. The zero-order valence-electron chi connectivity index (χ0n) is 12.0. The van der Waals surface area contributed by atoms with Gasteiger partial charge in [0.25, 0.3) is 0 Å². The Morgan fingerprint density at radius 3 is 3.00 bits per heavy atom. The van der Waals surface area contributed by atoms with E-state index in [-0.39, 0.29) is 6.04 Å². The van der Waals surface area contributed by atoms with E-state index in [9.17, 15) is 0 Å². The van der Waals surface area contributed by atoms with Crippen LogP contribution in [0.4, 0.5) is 11.8 Å². The number of hydrogen-bond acceptors (Lipinski definition) is 6. The lowest BCUT2D eigenvalue weighted by molar-refractivity contribution is 0.397. The second kappa shape index (κ2) is 6.54. The maximum Gasteiger partial charge on any atom is 0.226 e. The summed E-state index contributed by atoms with van der Waals surface area (Å²) >= 11 is 12.1. The summed E-state index contributed by atoms with van der Waals surface area (Å²) in [6.07, 6.45) is 4.22. The first-order chi connectivity index (χ1) is 10.7. The molecule has 6 nitrogen and oxygen atoms in total. The van der Waals surface area contributed by atoms with Crippen LogP contribution in [0.5, 0.6) is 5.88 Å². The molecule has 22 heavy (non-hydrogen) atoms. The van der Waals surface area contributed by atoms with Gasteiger partial charge in [-0.05, 0) is 12.5 Å². The predicted molar refractivity (Wildman–Crippen MR) is 87.1 cm³/mol. The molecule has 2 aromatic rings. The predicted octanol–water partition coefficient (Wildman–Crippen LogP) is 2.88. The quantitative estimate of drug-likeness (QED) is 0.923. The van der Waals surface area contributed by atoms with Gasteiger partial charge in [0.05, 0.1) is 17.2 Å². The molecule has 1 atom stereocenters. The maximum absolute atomic E-state index is 6.21. The molecule has 0 spiro atoms. The number of pyridine rings is 1. The third kappa shape index (κ3) is 3.34. The van der Waals surface area contributed by atoms with Crippen molar-refractivity contribution in [1.29, 1.82) is 0 Å². The molecule has 0 aliphatic carbocycles. The standard InChI is InChI=1S/C14H15Cl2N5O/c1-22-12-2-4-17-14(20-12)19-10-3-5-21(8-10)13-11(16)6-9(15)7-18-13/h2,4,6-7,10H,3,5,8H2,1H3,(H,17,19,20). The fraction of sp³-hybridized carbons (Fsp3) is 0.357. The number of aromatic nitrogens is 3. The average molecular weight is 340 g/mol. The first-order valence-electron chi connectivity index (χ1n) is 6.85. The summed E-state index contributed by atoms with van der Waals surface area (Å²) in [5.41, 5.74) is 0. The van der Waals surface area contributed by atoms with Gasteiger partial charge in [0, 0.05) is 37.6 Å². The van der Waals surface area contributed by atoms with Crippen LogP contribution in [0.2, 0.25) is 10.0 Å². The molecular weight excluding hydrogens is 325 g/mol. The van der Waals surface area contributed by atoms with Crippen molar-refractivity contribution in [3.8, 4) is 5.88 Å². The second-order valence-corrected chi connectivity index (χ2v) is 5.80. The van der Waals surface area contributed by atoms with Crippen LogP contribution in [0.1, 0.15) is 6.42 Å². The molecule has 1 N–H and O–H groups in total. The molecule has 2 aromatic heterocycles. The Balaban J connectivity index is 1.67. The van der Waals surface area contributed by atoms with E-state index >= 15 is 0 Å². The summed E-state index contributed by atoms with van der Waals surface area (Å²) in [6, 6.07) is 3.64. The lowest BCUT2D eigenvalue weighted by Gasteiger charge is -2.19. The normalized spacial score (nSPS) is 17.6. The van der Waals surface area contributed by atoms with E-state index < -0.39 is 0 Å². The lowest BCUT2D eigenvalue weighted by Crippen LogP contribution is -2.27. The maximum atomic E-state index is 6.21. The van der Waals surface area contributed by atoms with Crippen molar-refractivity contribution in [2.45, 2.75) is 12.5 Å². The van der Waals surface area contributed by atoms with Crippen molar-refractivity contribution in [3.63, 3.8) is 0 Å². The van der Waals surface area contributed by atoms with Crippen molar-refractivity contribution in [2.24, 2.45) is 0 Å². The summed E-state index contributed by atoms with van der Waals surface area (Å²) in [7, 11) is 1.58. The van der Waals surface area contributed by atoms with Crippen LogP contribution >= 0.6 is 23.2 Å². The second-order valence-electron chi connectivity index (χ2n) is 4.96. The minimum absolute atomic E-state index is 0.223. The Bertz CT molecular complexity index is 669. The van der Waals surface area contributed by atoms with Crippen LogP contribution in [0.25, 0.3) is 0 Å². The fourth-order valence-corrected chi connectivity index (χ4v) is 2.92. The van der Waals surface area contributed by atoms with E-state index in [4.69, 9.17) is 27.9 Å². The molecule has 1 saturated heterocycles. The molecule has 3 heterocycles. The van der Waals surface area contributed by atoms with Gasteiger partial charge in [-0.15, -0.1) is 0 Å². The topological polar surface area (TPSA) is 63.2 Å². The largest absolute Gasteiger partial charge is 0.481 e. The SMILES string of the molecule is COc1ccnc(NC2CCN(c3ncc(Cl)cc3Cl)C2)n1. The summed E-state index contributed by atoms with van der Waals surface area (Å²) in [4.78, 5) is 14.9. The van der Waals surface area contributed by atoms with E-state index in [2.05, 4.69) is 25.2 Å². The molecule has 1 aliphatic rings. The first kappa shape index (κ1) is 15.1. The van der Waals surface area contributed by atoms with Gasteiger partial charge in [-0.25, -0.2) is 9.97 Å². The van der Waals surface area contributed by atoms with Gasteiger partial charge in [0.1, 0.15) is 5.82 Å². The van der Waals surface area contributed by atoms with Crippen LogP contribution < -0.4 is 15.0 Å². The average Bonchev–Trinajstić information content (AvgIpc) is 2.95. The third-order valence-corrected chi connectivity index (χ3v) is 3.93. The number of halogens is 2. The molecule has 3 rings (SSSR count). The molecule has 1 unspecified atom stereocenters. The number of anilines is 2. The molecule has 0 aromatic carbocycles. The Morgan fingerprint density at radius 1 is 1.36 bits per heavy atom. The van der Waals surface area contributed by atoms with Crippen molar-refractivity contribution >= 4 is 35.0 Å². The molecule has 1 fully saturated rings. The van der Waals surface area contributed by atoms with Crippen molar-refractivity contribution in [2.75, 3.05) is 30.4 Å². The van der Waals surface area contributed by atoms with Crippen molar-refractivity contribution in [3.05, 3.63) is 34.6 Å². The number of nitrogens with one attached hydrogen (secondary N) is 1. The number of nitrogens with zero attached hydrogens (tertiary/aromatic N) is 4. The summed E-state index contributed by atoms with van der Waals surface area (Å²) in [6.45, 7) is 1.63. The lowest BCUT2D eigenvalue weighted by atomic mass is 10.3. The number of methoxy groups -OCH3 is 1. The highest BCUT2D eigenvalue weighted by atomic mass is 35.5. The van der Waals surface area contributed by atoms with E-state index in [0.717, 1.165) is 25.3 Å². The van der Waals surface area contributed by atoms with Crippen LogP contribution in [-0.4, -0.2) is 41.2 Å². The molecular formula is C14H15Cl2N5O. The van der Waals surface area contributed by atoms with Gasteiger partial charge >= 0.3 is 0 Å². The summed E-state index contributed by atoms with van der Waals surface area (Å²) < 4.78 is 5.10. The monoisotopic (exact) mass is 339 g/mol. The molecule has 0 saturated carbocycles. The highest BCUT2D eigenvalue weighted by Crippen LogP contribution is 2.29. The molecule has 1 aliphatic heterocycles. The Hall–Kier alpha value is -1.79. The van der Waals surface area contributed by atoms with Crippen LogP contribution in [-0.2, 0) is 0 Å². The van der Waals surface area contributed by atoms with E-state index in [1.54, 1.807) is 31.6 Å². The fourth-order valence-electron chi connectivity index (χ4n) is 2.42. The molecule has 0 amide bonds. The Morgan fingerprint density at radius 2 is 2.23 bits per heavy atom. The smallest absolute Gasteiger partial charge is 0.226 e. The van der Waals surface area contributed by atoms with Crippen molar-refractivity contribution < 1.29 is 4.74 Å². The molecule has 0 bridgehead atoms. The summed E-state index contributed by atoms with van der Waals surface area (Å²) in [5.74, 6) is 1.85. The van der Waals surface area contributed by atoms with Crippen LogP contribution in [0, 0.1) is 0 Å². The number of ether oxygens (including phenoxy) is 1. The Kier molecular flexibility index (Phi) is 4.49.